The van der Waals surface area contributed by atoms with Crippen molar-refractivity contribution in [3.05, 3.63) is 36.0 Å². The molecule has 1 amide bonds. The van der Waals surface area contributed by atoms with E-state index in [9.17, 15) is 10.1 Å². The monoisotopic (exact) mass is 350 g/mol. The highest BCUT2D eigenvalue weighted by molar-refractivity contribution is 5.98. The smallest absolute Gasteiger partial charge is 0.251 e. The fraction of sp³-hybridized carbons (Fsp3) is 0.524. The van der Waals surface area contributed by atoms with Crippen LogP contribution in [0.3, 0.4) is 0 Å². The topological polar surface area (TPSA) is 80.7 Å². The Hall–Kier alpha value is -2.32. The summed E-state index contributed by atoms with van der Waals surface area (Å²) in [6.45, 7) is 1.66. The molecule has 2 aliphatic carbocycles. The average molecular weight is 350 g/mol. The van der Waals surface area contributed by atoms with E-state index in [0.29, 0.717) is 5.92 Å². The summed E-state index contributed by atoms with van der Waals surface area (Å²) in [6.07, 6.45) is 8.48. The Labute approximate surface area is 154 Å². The van der Waals surface area contributed by atoms with Gasteiger partial charge in [-0.3, -0.25) is 4.79 Å². The number of carbonyl (C=O) groups is 1. The van der Waals surface area contributed by atoms with Crippen molar-refractivity contribution < 1.29 is 4.79 Å². The number of fused-ring (bicyclic) bond motifs is 1. The largest absolute Gasteiger partial charge is 0.361 e. The van der Waals surface area contributed by atoms with E-state index in [1.165, 1.54) is 12.8 Å². The highest BCUT2D eigenvalue weighted by atomic mass is 16.1. The predicted octanol–water partition coefficient (Wildman–Crippen LogP) is 3.35. The minimum absolute atomic E-state index is 0.0145. The molecule has 4 rings (SSSR count). The highest BCUT2D eigenvalue weighted by Crippen LogP contribution is 2.44. The van der Waals surface area contributed by atoms with Crippen LogP contribution in [0.1, 0.15) is 48.9 Å². The van der Waals surface area contributed by atoms with Crippen molar-refractivity contribution in [2.75, 3.05) is 13.1 Å². The van der Waals surface area contributed by atoms with E-state index in [-0.39, 0.29) is 17.4 Å². The number of rotatable bonds is 6. The van der Waals surface area contributed by atoms with Gasteiger partial charge in [0.15, 0.2) is 0 Å². The minimum Gasteiger partial charge on any atom is -0.361 e. The van der Waals surface area contributed by atoms with E-state index in [1.807, 2.05) is 30.5 Å². The van der Waals surface area contributed by atoms with Gasteiger partial charge in [-0.25, -0.2) is 0 Å². The number of nitriles is 1. The lowest BCUT2D eigenvalue weighted by molar-refractivity contribution is 0.0905. The van der Waals surface area contributed by atoms with Gasteiger partial charge in [-0.05, 0) is 62.4 Å². The van der Waals surface area contributed by atoms with Crippen LogP contribution < -0.4 is 10.6 Å². The predicted molar refractivity (Wildman–Crippen MR) is 102 cm³/mol. The fourth-order valence-corrected chi connectivity index (χ4v) is 4.06. The SMILES string of the molecule is N#CC1(CNC[C@H]2CCCC[C@@H]2NC(=O)c2ccc3[nH]ccc3c2)CC1. The maximum Gasteiger partial charge on any atom is 0.251 e. The summed E-state index contributed by atoms with van der Waals surface area (Å²) in [4.78, 5) is 15.9. The summed E-state index contributed by atoms with van der Waals surface area (Å²) in [5.74, 6) is 0.457. The third kappa shape index (κ3) is 3.61. The molecule has 2 saturated carbocycles. The van der Waals surface area contributed by atoms with Gasteiger partial charge in [0.05, 0.1) is 11.5 Å². The molecule has 0 aliphatic heterocycles. The fourth-order valence-electron chi connectivity index (χ4n) is 4.06. The molecule has 1 aromatic heterocycles. The minimum atomic E-state index is -0.112. The van der Waals surface area contributed by atoms with Crippen LogP contribution in [0.5, 0.6) is 0 Å². The summed E-state index contributed by atoms with van der Waals surface area (Å²) in [5, 5.41) is 17.0. The molecule has 0 bridgehead atoms. The number of hydrogen-bond acceptors (Lipinski definition) is 3. The first-order valence-corrected chi connectivity index (χ1v) is 9.69. The number of aromatic amines is 1. The van der Waals surface area contributed by atoms with Crippen LogP contribution >= 0.6 is 0 Å². The average Bonchev–Trinajstić information content (AvgIpc) is 3.29. The van der Waals surface area contributed by atoms with E-state index in [4.69, 9.17) is 0 Å². The van der Waals surface area contributed by atoms with E-state index < -0.39 is 0 Å². The first-order valence-electron chi connectivity index (χ1n) is 9.69. The van der Waals surface area contributed by atoms with Crippen LogP contribution in [0.2, 0.25) is 0 Å². The van der Waals surface area contributed by atoms with Crippen LogP contribution in [0.15, 0.2) is 30.5 Å². The molecule has 3 N–H and O–H groups in total. The molecule has 5 heteroatoms. The molecule has 2 aromatic rings. The number of aromatic nitrogens is 1. The van der Waals surface area contributed by atoms with Crippen molar-refractivity contribution >= 4 is 16.8 Å². The van der Waals surface area contributed by atoms with E-state index in [0.717, 1.165) is 55.2 Å². The zero-order valence-corrected chi connectivity index (χ0v) is 15.1. The Balaban J connectivity index is 1.36. The zero-order chi connectivity index (χ0) is 18.0. The Morgan fingerprint density at radius 1 is 1.27 bits per heavy atom. The highest BCUT2D eigenvalue weighted by Gasteiger charge is 2.42. The molecule has 0 saturated heterocycles. The van der Waals surface area contributed by atoms with Gasteiger partial charge in [0.1, 0.15) is 0 Å². The van der Waals surface area contributed by atoms with Crippen molar-refractivity contribution in [2.24, 2.45) is 11.3 Å². The maximum absolute atomic E-state index is 12.7. The number of nitrogens with one attached hydrogen (secondary N) is 3. The first-order chi connectivity index (χ1) is 12.7. The lowest BCUT2D eigenvalue weighted by atomic mass is 9.84. The molecule has 0 unspecified atom stereocenters. The summed E-state index contributed by atoms with van der Waals surface area (Å²) in [7, 11) is 0. The van der Waals surface area contributed by atoms with E-state index in [2.05, 4.69) is 21.7 Å². The van der Waals surface area contributed by atoms with Gasteiger partial charge in [-0.15, -0.1) is 0 Å². The molecular formula is C21H26N4O. The van der Waals surface area contributed by atoms with Crippen molar-refractivity contribution in [1.29, 1.82) is 5.26 Å². The molecule has 26 heavy (non-hydrogen) atoms. The van der Waals surface area contributed by atoms with Gasteiger partial charge in [0.25, 0.3) is 5.91 Å². The normalized spacial score (nSPS) is 24.1. The second-order valence-corrected chi connectivity index (χ2v) is 7.93. The number of amides is 1. The van der Waals surface area contributed by atoms with Gasteiger partial charge in [-0.2, -0.15) is 5.26 Å². The standard InChI is InChI=1S/C21H26N4O/c22-13-21(8-9-21)14-23-12-17-3-1-2-4-19(17)25-20(26)16-5-6-18-15(11-16)7-10-24-18/h5-7,10-11,17,19,23-24H,1-4,8-9,12,14H2,(H,25,26)/t17-,19+/m1/s1. The van der Waals surface area contributed by atoms with Gasteiger partial charge in [0, 0.05) is 35.2 Å². The van der Waals surface area contributed by atoms with Crippen LogP contribution in [0.25, 0.3) is 10.9 Å². The number of hydrogen-bond donors (Lipinski definition) is 3. The molecule has 1 aromatic carbocycles. The lowest BCUT2D eigenvalue weighted by Crippen LogP contribution is -2.46. The van der Waals surface area contributed by atoms with E-state index in [1.54, 1.807) is 0 Å². The number of nitrogens with zero attached hydrogens (tertiary/aromatic N) is 1. The Kier molecular flexibility index (Phi) is 4.69. The molecular weight excluding hydrogens is 324 g/mol. The van der Waals surface area contributed by atoms with Gasteiger partial charge in [0.2, 0.25) is 0 Å². The van der Waals surface area contributed by atoms with Gasteiger partial charge in [-0.1, -0.05) is 12.8 Å². The lowest BCUT2D eigenvalue weighted by Gasteiger charge is -2.32. The first kappa shape index (κ1) is 17.1. The van der Waals surface area contributed by atoms with Crippen molar-refractivity contribution in [2.45, 2.75) is 44.6 Å². The van der Waals surface area contributed by atoms with Crippen LogP contribution in [-0.2, 0) is 0 Å². The molecule has 0 spiro atoms. The molecule has 2 aliphatic rings. The second kappa shape index (κ2) is 7.13. The molecule has 1 heterocycles. The number of benzene rings is 1. The van der Waals surface area contributed by atoms with Crippen molar-refractivity contribution in [3.63, 3.8) is 0 Å². The molecule has 5 nitrogen and oxygen atoms in total. The second-order valence-electron chi connectivity index (χ2n) is 7.93. The Bertz CT molecular complexity index is 830. The number of H-pyrrole nitrogens is 1. The third-order valence-corrected chi connectivity index (χ3v) is 6.00. The number of carbonyl (C=O) groups excluding carboxylic acids is 1. The van der Waals surface area contributed by atoms with Crippen molar-refractivity contribution in [1.82, 2.24) is 15.6 Å². The van der Waals surface area contributed by atoms with Crippen LogP contribution in [0, 0.1) is 22.7 Å². The molecule has 0 radical (unpaired) electrons. The molecule has 2 fully saturated rings. The summed E-state index contributed by atoms with van der Waals surface area (Å²) >= 11 is 0. The van der Waals surface area contributed by atoms with Crippen LogP contribution in [-0.4, -0.2) is 30.0 Å². The van der Waals surface area contributed by atoms with Gasteiger partial charge < -0.3 is 15.6 Å². The summed E-state index contributed by atoms with van der Waals surface area (Å²) in [5.41, 5.74) is 1.66. The maximum atomic E-state index is 12.7. The van der Waals surface area contributed by atoms with E-state index >= 15 is 0 Å². The zero-order valence-electron chi connectivity index (χ0n) is 15.1. The Morgan fingerprint density at radius 3 is 2.92 bits per heavy atom. The van der Waals surface area contributed by atoms with Crippen LogP contribution in [0.4, 0.5) is 0 Å². The molecule has 136 valence electrons. The summed E-state index contributed by atoms with van der Waals surface area (Å²) in [6, 6.07) is 10.4. The van der Waals surface area contributed by atoms with Crippen molar-refractivity contribution in [3.8, 4) is 6.07 Å². The molecule has 2 atom stereocenters. The van der Waals surface area contributed by atoms with Gasteiger partial charge >= 0.3 is 0 Å². The quantitative estimate of drug-likeness (QED) is 0.747. The Morgan fingerprint density at radius 2 is 2.12 bits per heavy atom. The summed E-state index contributed by atoms with van der Waals surface area (Å²) < 4.78 is 0. The third-order valence-electron chi connectivity index (χ3n) is 6.00.